The van der Waals surface area contributed by atoms with Crippen molar-refractivity contribution in [3.8, 4) is 0 Å². The van der Waals surface area contributed by atoms with Gasteiger partial charge >= 0.3 is 0 Å². The van der Waals surface area contributed by atoms with Crippen LogP contribution >= 0.6 is 11.6 Å². The Morgan fingerprint density at radius 3 is 2.84 bits per heavy atom. The lowest BCUT2D eigenvalue weighted by molar-refractivity contribution is -0.384. The summed E-state index contributed by atoms with van der Waals surface area (Å²) in [5.41, 5.74) is 5.35. The Morgan fingerprint density at radius 2 is 2.26 bits per heavy atom. The predicted molar refractivity (Wildman–Crippen MR) is 71.3 cm³/mol. The topological polar surface area (TPSA) is 107 Å². The predicted octanol–water partition coefficient (Wildman–Crippen LogP) is 1.60. The Balaban J connectivity index is 2.86. The van der Waals surface area contributed by atoms with Crippen LogP contribution in [0.25, 0.3) is 0 Å². The number of ether oxygens (including phenoxy) is 1. The number of amides is 1. The van der Waals surface area contributed by atoms with Crippen molar-refractivity contribution in [1.82, 2.24) is 5.32 Å². The van der Waals surface area contributed by atoms with E-state index in [2.05, 4.69) is 5.32 Å². The average molecular weight is 288 g/mol. The van der Waals surface area contributed by atoms with Crippen LogP contribution in [-0.2, 0) is 4.74 Å². The molecule has 19 heavy (non-hydrogen) atoms. The maximum absolute atomic E-state index is 11.8. The Kier molecular flexibility index (Phi) is 5.53. The van der Waals surface area contributed by atoms with E-state index in [0.717, 1.165) is 12.1 Å². The van der Waals surface area contributed by atoms with E-state index >= 15 is 0 Å². The molecule has 0 bridgehead atoms. The summed E-state index contributed by atoms with van der Waals surface area (Å²) in [5.74, 6) is -0.525. The van der Waals surface area contributed by atoms with Crippen LogP contribution in [0.1, 0.15) is 17.3 Å². The maximum atomic E-state index is 11.8. The molecule has 3 N–H and O–H groups in total. The number of carbonyl (C=O) groups is 1. The zero-order chi connectivity index (χ0) is 14.4. The fourth-order valence-corrected chi connectivity index (χ4v) is 1.59. The van der Waals surface area contributed by atoms with Crippen LogP contribution in [0, 0.1) is 10.1 Å². The molecule has 0 aliphatic carbocycles. The van der Waals surface area contributed by atoms with Gasteiger partial charge in [-0.05, 0) is 6.92 Å². The monoisotopic (exact) mass is 287 g/mol. The minimum Gasteiger partial charge on any atom is -0.397 e. The lowest BCUT2D eigenvalue weighted by Gasteiger charge is -2.08. The summed E-state index contributed by atoms with van der Waals surface area (Å²) in [6.45, 7) is 3.01. The number of carbonyl (C=O) groups excluding carboxylic acids is 1. The molecule has 0 unspecified atom stereocenters. The van der Waals surface area contributed by atoms with Crippen molar-refractivity contribution in [2.24, 2.45) is 0 Å². The van der Waals surface area contributed by atoms with Gasteiger partial charge in [-0.2, -0.15) is 0 Å². The first-order chi connectivity index (χ1) is 8.97. The van der Waals surface area contributed by atoms with Gasteiger partial charge in [0.1, 0.15) is 0 Å². The molecule has 1 aromatic rings. The number of rotatable bonds is 6. The second-order valence-electron chi connectivity index (χ2n) is 3.60. The smallest absolute Gasteiger partial charge is 0.271 e. The summed E-state index contributed by atoms with van der Waals surface area (Å²) in [6.07, 6.45) is 0. The Morgan fingerprint density at radius 1 is 1.58 bits per heavy atom. The highest BCUT2D eigenvalue weighted by Crippen LogP contribution is 2.28. The van der Waals surface area contributed by atoms with Gasteiger partial charge in [-0.25, -0.2) is 0 Å². The molecule has 0 spiro atoms. The summed E-state index contributed by atoms with van der Waals surface area (Å²) in [6, 6.07) is 2.20. The number of nitrogen functional groups attached to an aromatic ring is 1. The third-order valence-corrected chi connectivity index (χ3v) is 2.62. The zero-order valence-electron chi connectivity index (χ0n) is 10.3. The van der Waals surface area contributed by atoms with Gasteiger partial charge in [0.25, 0.3) is 11.6 Å². The van der Waals surface area contributed by atoms with E-state index in [-0.39, 0.29) is 28.5 Å². The first kappa shape index (κ1) is 15.2. The Bertz CT molecular complexity index is 493. The molecule has 0 heterocycles. The van der Waals surface area contributed by atoms with Gasteiger partial charge in [-0.15, -0.1) is 0 Å². The molecule has 0 saturated carbocycles. The quantitative estimate of drug-likeness (QED) is 0.357. The summed E-state index contributed by atoms with van der Waals surface area (Å²) in [5, 5.41) is 13.2. The number of anilines is 1. The third kappa shape index (κ3) is 4.08. The standard InChI is InChI=1S/C11H14ClN3O4/c1-2-19-4-3-14-11(16)8-5-7(15(17)18)6-9(12)10(8)13/h5-6H,2-4,13H2,1H3,(H,14,16). The lowest BCUT2D eigenvalue weighted by atomic mass is 10.1. The van der Waals surface area contributed by atoms with Gasteiger partial charge in [0, 0.05) is 25.3 Å². The van der Waals surface area contributed by atoms with Crippen molar-refractivity contribution >= 4 is 28.9 Å². The molecule has 1 amide bonds. The van der Waals surface area contributed by atoms with Crippen LogP contribution in [0.15, 0.2) is 12.1 Å². The summed E-state index contributed by atoms with van der Waals surface area (Å²) < 4.78 is 5.06. The largest absolute Gasteiger partial charge is 0.397 e. The molecule has 0 atom stereocenters. The fourth-order valence-electron chi connectivity index (χ4n) is 1.37. The van der Waals surface area contributed by atoms with Crippen LogP contribution < -0.4 is 11.1 Å². The van der Waals surface area contributed by atoms with Crippen LogP contribution in [-0.4, -0.2) is 30.6 Å². The molecule has 8 heteroatoms. The van der Waals surface area contributed by atoms with Crippen LogP contribution in [0.2, 0.25) is 5.02 Å². The first-order valence-corrected chi connectivity index (χ1v) is 5.94. The van der Waals surface area contributed by atoms with Crippen molar-refractivity contribution in [3.63, 3.8) is 0 Å². The molecule has 0 aliphatic rings. The second kappa shape index (κ2) is 6.91. The highest BCUT2D eigenvalue weighted by Gasteiger charge is 2.18. The summed E-state index contributed by atoms with van der Waals surface area (Å²) in [7, 11) is 0. The molecule has 0 saturated heterocycles. The minimum atomic E-state index is -0.637. The number of non-ortho nitro benzene ring substituents is 1. The number of halogens is 1. The Hall–Kier alpha value is -1.86. The molecule has 0 aromatic heterocycles. The van der Waals surface area contributed by atoms with E-state index < -0.39 is 10.8 Å². The highest BCUT2D eigenvalue weighted by molar-refractivity contribution is 6.34. The molecular formula is C11H14ClN3O4. The van der Waals surface area contributed by atoms with Crippen LogP contribution in [0.4, 0.5) is 11.4 Å². The van der Waals surface area contributed by atoms with Gasteiger partial charge < -0.3 is 15.8 Å². The maximum Gasteiger partial charge on any atom is 0.271 e. The van der Waals surface area contributed by atoms with E-state index in [9.17, 15) is 14.9 Å². The van der Waals surface area contributed by atoms with Gasteiger partial charge in [0.2, 0.25) is 0 Å². The molecular weight excluding hydrogens is 274 g/mol. The molecule has 7 nitrogen and oxygen atoms in total. The van der Waals surface area contributed by atoms with Gasteiger partial charge in [-0.3, -0.25) is 14.9 Å². The Labute approximate surface area is 114 Å². The zero-order valence-corrected chi connectivity index (χ0v) is 11.1. The third-order valence-electron chi connectivity index (χ3n) is 2.31. The number of nitro groups is 1. The van der Waals surface area contributed by atoms with E-state index in [1.54, 1.807) is 0 Å². The minimum absolute atomic E-state index is 0.0150. The normalized spacial score (nSPS) is 10.2. The number of nitro benzene ring substituents is 1. The van der Waals surface area contributed by atoms with Crippen molar-refractivity contribution in [2.45, 2.75) is 6.92 Å². The van der Waals surface area contributed by atoms with Crippen LogP contribution in [0.3, 0.4) is 0 Å². The molecule has 104 valence electrons. The first-order valence-electron chi connectivity index (χ1n) is 5.56. The highest BCUT2D eigenvalue weighted by atomic mass is 35.5. The van der Waals surface area contributed by atoms with Crippen molar-refractivity contribution < 1.29 is 14.5 Å². The van der Waals surface area contributed by atoms with Crippen molar-refractivity contribution in [1.29, 1.82) is 0 Å². The van der Waals surface area contributed by atoms with E-state index in [0.29, 0.717) is 13.2 Å². The van der Waals surface area contributed by atoms with Crippen molar-refractivity contribution in [3.05, 3.63) is 32.8 Å². The van der Waals surface area contributed by atoms with Crippen molar-refractivity contribution in [2.75, 3.05) is 25.5 Å². The lowest BCUT2D eigenvalue weighted by Crippen LogP contribution is -2.28. The summed E-state index contributed by atoms with van der Waals surface area (Å²) >= 11 is 5.76. The molecule has 0 radical (unpaired) electrons. The van der Waals surface area contributed by atoms with E-state index in [4.69, 9.17) is 22.1 Å². The van der Waals surface area contributed by atoms with Crippen LogP contribution in [0.5, 0.6) is 0 Å². The second-order valence-corrected chi connectivity index (χ2v) is 4.01. The number of nitrogens with two attached hydrogens (primary N) is 1. The number of hydrogen-bond acceptors (Lipinski definition) is 5. The number of nitrogens with one attached hydrogen (secondary N) is 1. The van der Waals surface area contributed by atoms with E-state index in [1.165, 1.54) is 0 Å². The van der Waals surface area contributed by atoms with Gasteiger partial charge in [-0.1, -0.05) is 11.6 Å². The number of hydrogen-bond donors (Lipinski definition) is 2. The van der Waals surface area contributed by atoms with Gasteiger partial charge in [0.15, 0.2) is 0 Å². The average Bonchev–Trinajstić information content (AvgIpc) is 2.37. The number of benzene rings is 1. The fraction of sp³-hybridized carbons (Fsp3) is 0.364. The van der Waals surface area contributed by atoms with Gasteiger partial charge in [0.05, 0.1) is 27.8 Å². The molecule has 0 aliphatic heterocycles. The number of nitrogens with zero attached hydrogens (tertiary/aromatic N) is 1. The SMILES string of the molecule is CCOCCNC(=O)c1cc([N+](=O)[O-])cc(Cl)c1N. The molecule has 1 aromatic carbocycles. The summed E-state index contributed by atoms with van der Waals surface area (Å²) in [4.78, 5) is 21.9. The van der Waals surface area contributed by atoms with E-state index in [1.807, 2.05) is 6.92 Å². The molecule has 0 fully saturated rings. The molecule has 1 rings (SSSR count).